The van der Waals surface area contributed by atoms with Crippen molar-refractivity contribution >= 4 is 15.9 Å². The summed E-state index contributed by atoms with van der Waals surface area (Å²) in [6, 6.07) is 7.77. The number of likely N-dealkylation sites (N-methyl/N-ethyl adjacent to an activating group) is 1. The summed E-state index contributed by atoms with van der Waals surface area (Å²) in [6.07, 6.45) is 2.03. The number of carbonyl (C=O) groups is 1. The Morgan fingerprint density at radius 2 is 1.87 bits per heavy atom. The fourth-order valence-electron chi connectivity index (χ4n) is 4.20. The summed E-state index contributed by atoms with van der Waals surface area (Å²) in [6.45, 7) is 9.28. The Bertz CT molecular complexity index is 1010. The Balaban J connectivity index is 1.54. The molecule has 1 aliphatic rings. The van der Waals surface area contributed by atoms with Gasteiger partial charge in [0.15, 0.2) is 0 Å². The molecular weight excluding hydrogens is 402 g/mol. The Kier molecular flexibility index (Phi) is 6.69. The summed E-state index contributed by atoms with van der Waals surface area (Å²) in [7, 11) is -2.08. The zero-order valence-corrected chi connectivity index (χ0v) is 19.2. The van der Waals surface area contributed by atoms with Crippen LogP contribution in [0.25, 0.3) is 0 Å². The Labute approximate surface area is 179 Å². The first-order valence-corrected chi connectivity index (χ1v) is 11.6. The second kappa shape index (κ2) is 8.91. The highest BCUT2D eigenvalue weighted by Gasteiger charge is 2.28. The largest absolute Gasteiger partial charge is 0.370 e. The topological polar surface area (TPSA) is 71.8 Å². The normalized spacial score (nSPS) is 16.7. The molecule has 7 nitrogen and oxygen atoms in total. The number of aryl methyl sites for hydroxylation is 3. The van der Waals surface area contributed by atoms with Gasteiger partial charge in [0.2, 0.25) is 15.9 Å². The first-order valence-electron chi connectivity index (χ1n) is 10.2. The van der Waals surface area contributed by atoms with Crippen LogP contribution >= 0.6 is 0 Å². The SMILES string of the molecule is Cc1cc(C)c(S(=O)(=O)N(C)CCOCC(=O)N2CCn3cccc3C2C)c(C)c1. The molecule has 8 heteroatoms. The summed E-state index contributed by atoms with van der Waals surface area (Å²) >= 11 is 0. The quantitative estimate of drug-likeness (QED) is 0.630. The van der Waals surface area contributed by atoms with Crippen LogP contribution in [-0.2, 0) is 26.1 Å². The van der Waals surface area contributed by atoms with E-state index in [1.807, 2.05) is 63.1 Å². The summed E-state index contributed by atoms with van der Waals surface area (Å²) in [5, 5.41) is 0. The van der Waals surface area contributed by atoms with Crippen LogP contribution in [0.3, 0.4) is 0 Å². The van der Waals surface area contributed by atoms with Gasteiger partial charge in [0.25, 0.3) is 0 Å². The number of benzene rings is 1. The molecule has 1 unspecified atom stereocenters. The molecule has 1 amide bonds. The van der Waals surface area contributed by atoms with Crippen molar-refractivity contribution < 1.29 is 17.9 Å². The molecule has 0 aliphatic carbocycles. The average molecular weight is 434 g/mol. The molecule has 0 saturated heterocycles. The number of fused-ring (bicyclic) bond motifs is 1. The highest BCUT2D eigenvalue weighted by atomic mass is 32.2. The molecule has 0 radical (unpaired) electrons. The Morgan fingerprint density at radius 1 is 1.20 bits per heavy atom. The van der Waals surface area contributed by atoms with E-state index in [4.69, 9.17) is 4.74 Å². The van der Waals surface area contributed by atoms with E-state index in [9.17, 15) is 13.2 Å². The van der Waals surface area contributed by atoms with E-state index in [2.05, 4.69) is 4.57 Å². The number of nitrogens with zero attached hydrogens (tertiary/aromatic N) is 3. The number of rotatable bonds is 7. The molecule has 0 spiro atoms. The molecule has 0 fully saturated rings. The minimum Gasteiger partial charge on any atom is -0.370 e. The van der Waals surface area contributed by atoms with Crippen molar-refractivity contribution in [3.63, 3.8) is 0 Å². The number of ether oxygens (including phenoxy) is 1. The van der Waals surface area contributed by atoms with Crippen molar-refractivity contribution in [1.29, 1.82) is 0 Å². The van der Waals surface area contributed by atoms with Gasteiger partial charge in [0, 0.05) is 38.6 Å². The maximum atomic E-state index is 13.0. The molecule has 1 aromatic carbocycles. The third-order valence-electron chi connectivity index (χ3n) is 5.71. The molecule has 1 atom stereocenters. The predicted molar refractivity (Wildman–Crippen MR) is 116 cm³/mol. The zero-order chi connectivity index (χ0) is 22.1. The molecule has 0 saturated carbocycles. The van der Waals surface area contributed by atoms with Gasteiger partial charge in [-0.3, -0.25) is 4.79 Å². The number of aromatic nitrogens is 1. The van der Waals surface area contributed by atoms with Gasteiger partial charge in [-0.15, -0.1) is 0 Å². The van der Waals surface area contributed by atoms with Crippen LogP contribution in [0.1, 0.15) is 35.3 Å². The van der Waals surface area contributed by atoms with Crippen LogP contribution in [0.2, 0.25) is 0 Å². The Hall–Kier alpha value is -2.16. The molecule has 1 aromatic heterocycles. The minimum absolute atomic E-state index is 0.000360. The number of hydrogen-bond acceptors (Lipinski definition) is 4. The van der Waals surface area contributed by atoms with Crippen LogP contribution in [-0.4, -0.2) is 61.4 Å². The van der Waals surface area contributed by atoms with Crippen molar-refractivity contribution in [2.75, 3.05) is 33.4 Å². The van der Waals surface area contributed by atoms with Gasteiger partial charge in [-0.2, -0.15) is 4.31 Å². The second-order valence-corrected chi connectivity index (χ2v) is 9.98. The lowest BCUT2D eigenvalue weighted by molar-refractivity contribution is -0.139. The summed E-state index contributed by atoms with van der Waals surface area (Å²) < 4.78 is 35.0. The van der Waals surface area contributed by atoms with E-state index in [0.717, 1.165) is 28.9 Å². The highest BCUT2D eigenvalue weighted by Crippen LogP contribution is 2.26. The molecule has 0 bridgehead atoms. The summed E-state index contributed by atoms with van der Waals surface area (Å²) in [5.74, 6) is -0.0781. The predicted octanol–water partition coefficient (Wildman–Crippen LogP) is 2.65. The summed E-state index contributed by atoms with van der Waals surface area (Å²) in [4.78, 5) is 14.7. The first-order chi connectivity index (χ1) is 14.1. The van der Waals surface area contributed by atoms with Gasteiger partial charge >= 0.3 is 0 Å². The maximum Gasteiger partial charge on any atom is 0.249 e. The smallest absolute Gasteiger partial charge is 0.249 e. The van der Waals surface area contributed by atoms with E-state index < -0.39 is 10.0 Å². The lowest BCUT2D eigenvalue weighted by Gasteiger charge is -2.35. The number of amides is 1. The lowest BCUT2D eigenvalue weighted by Crippen LogP contribution is -2.42. The van der Waals surface area contributed by atoms with Crippen LogP contribution in [0.4, 0.5) is 0 Å². The fourth-order valence-corrected chi connectivity index (χ4v) is 5.76. The molecule has 1 aliphatic heterocycles. The minimum atomic E-state index is -3.62. The van der Waals surface area contributed by atoms with Gasteiger partial charge in [0.05, 0.1) is 17.5 Å². The standard InChI is InChI=1S/C22H31N3O4S/c1-16-13-17(2)22(18(3)14-16)30(27,28)23(5)11-12-29-15-21(26)25-10-9-24-8-6-7-20(24)19(25)4/h6-8,13-14,19H,9-12,15H2,1-5H3. The van der Waals surface area contributed by atoms with Crippen molar-refractivity contribution in [2.24, 2.45) is 0 Å². The van der Waals surface area contributed by atoms with E-state index in [1.54, 1.807) is 7.05 Å². The zero-order valence-electron chi connectivity index (χ0n) is 18.4. The Morgan fingerprint density at radius 3 is 2.53 bits per heavy atom. The van der Waals surface area contributed by atoms with Crippen LogP contribution in [0.5, 0.6) is 0 Å². The lowest BCUT2D eigenvalue weighted by atomic mass is 10.1. The molecule has 0 N–H and O–H groups in total. The average Bonchev–Trinajstić information content (AvgIpc) is 3.13. The number of sulfonamides is 1. The van der Waals surface area contributed by atoms with Crippen molar-refractivity contribution in [3.05, 3.63) is 52.8 Å². The van der Waals surface area contributed by atoms with Crippen molar-refractivity contribution in [2.45, 2.75) is 45.2 Å². The van der Waals surface area contributed by atoms with Crippen molar-refractivity contribution in [1.82, 2.24) is 13.8 Å². The molecule has 164 valence electrons. The van der Waals surface area contributed by atoms with Gasteiger partial charge < -0.3 is 14.2 Å². The van der Waals surface area contributed by atoms with Gasteiger partial charge in [-0.25, -0.2) is 8.42 Å². The van der Waals surface area contributed by atoms with E-state index in [-0.39, 0.29) is 31.7 Å². The molecule has 2 heterocycles. The first kappa shape index (κ1) is 22.5. The number of hydrogen-bond donors (Lipinski definition) is 0. The second-order valence-electron chi connectivity index (χ2n) is 8.00. The molecule has 2 aromatic rings. The van der Waals surface area contributed by atoms with E-state index >= 15 is 0 Å². The van der Waals surface area contributed by atoms with Gasteiger partial charge in [-0.05, 0) is 51.0 Å². The maximum absolute atomic E-state index is 13.0. The van der Waals surface area contributed by atoms with E-state index in [0.29, 0.717) is 11.4 Å². The molecule has 30 heavy (non-hydrogen) atoms. The van der Waals surface area contributed by atoms with Crippen LogP contribution in [0.15, 0.2) is 35.4 Å². The van der Waals surface area contributed by atoms with Crippen LogP contribution in [0, 0.1) is 20.8 Å². The van der Waals surface area contributed by atoms with Crippen LogP contribution < -0.4 is 0 Å². The molecule has 3 rings (SSSR count). The molecular formula is C22H31N3O4S. The van der Waals surface area contributed by atoms with Gasteiger partial charge in [0.1, 0.15) is 6.61 Å². The summed E-state index contributed by atoms with van der Waals surface area (Å²) in [5.41, 5.74) is 3.62. The number of carbonyl (C=O) groups excluding carboxylic acids is 1. The van der Waals surface area contributed by atoms with E-state index in [1.165, 1.54) is 4.31 Å². The monoisotopic (exact) mass is 433 g/mol. The fraction of sp³-hybridized carbons (Fsp3) is 0.500. The van der Waals surface area contributed by atoms with Gasteiger partial charge in [-0.1, -0.05) is 17.7 Å². The van der Waals surface area contributed by atoms with Crippen molar-refractivity contribution in [3.8, 4) is 0 Å². The third-order valence-corrected chi connectivity index (χ3v) is 7.87. The highest BCUT2D eigenvalue weighted by molar-refractivity contribution is 7.89. The third kappa shape index (κ3) is 4.45.